The summed E-state index contributed by atoms with van der Waals surface area (Å²) in [5.74, 6) is 0. The third kappa shape index (κ3) is 3.70. The normalized spacial score (nSPS) is 24.7. The summed E-state index contributed by atoms with van der Waals surface area (Å²) in [6.07, 6.45) is 2.35. The van der Waals surface area contributed by atoms with Crippen molar-refractivity contribution in [2.24, 2.45) is 0 Å². The van der Waals surface area contributed by atoms with Crippen LogP contribution in [0.25, 0.3) is 0 Å². The van der Waals surface area contributed by atoms with Crippen LogP contribution in [0.15, 0.2) is 12.3 Å². The number of anilines is 1. The van der Waals surface area contributed by atoms with Gasteiger partial charge >= 0.3 is 0 Å². The Morgan fingerprint density at radius 2 is 2.14 bits per heavy atom. The van der Waals surface area contributed by atoms with Gasteiger partial charge in [-0.2, -0.15) is 0 Å². The summed E-state index contributed by atoms with van der Waals surface area (Å²) in [6.45, 7) is 7.67. The maximum Gasteiger partial charge on any atom is 0.152 e. The van der Waals surface area contributed by atoms with Crippen molar-refractivity contribution in [1.29, 1.82) is 0 Å². The van der Waals surface area contributed by atoms with E-state index in [1.54, 1.807) is 0 Å². The molecule has 1 aromatic rings. The van der Waals surface area contributed by atoms with E-state index in [1.807, 2.05) is 6.20 Å². The Morgan fingerprint density at radius 3 is 2.86 bits per heavy atom. The van der Waals surface area contributed by atoms with Crippen molar-refractivity contribution < 1.29 is 4.39 Å². The number of nitrogens with one attached hydrogen (secondary N) is 1. The fourth-order valence-electron chi connectivity index (χ4n) is 3.23. The summed E-state index contributed by atoms with van der Waals surface area (Å²) in [4.78, 5) is 8.97. The van der Waals surface area contributed by atoms with Crippen LogP contribution in [-0.2, 0) is 6.54 Å². The smallest absolute Gasteiger partial charge is 0.152 e. The molecule has 2 aliphatic rings. The van der Waals surface area contributed by atoms with E-state index in [0.29, 0.717) is 24.0 Å². The summed E-state index contributed by atoms with van der Waals surface area (Å²) in [7, 11) is 0. The monoisotopic (exact) mass is 326 g/mol. The Morgan fingerprint density at radius 1 is 1.36 bits per heavy atom. The second kappa shape index (κ2) is 7.11. The fourth-order valence-corrected chi connectivity index (χ4v) is 3.45. The van der Waals surface area contributed by atoms with Crippen molar-refractivity contribution in [1.82, 2.24) is 15.2 Å². The maximum atomic E-state index is 13.3. The number of pyridine rings is 1. The van der Waals surface area contributed by atoms with Gasteiger partial charge in [-0.3, -0.25) is 4.90 Å². The molecule has 0 radical (unpaired) electrons. The van der Waals surface area contributed by atoms with Crippen molar-refractivity contribution in [3.63, 3.8) is 0 Å². The first-order chi connectivity index (χ1) is 10.6. The lowest BCUT2D eigenvalue weighted by atomic mass is 10.1. The van der Waals surface area contributed by atoms with Gasteiger partial charge in [0.25, 0.3) is 0 Å². The lowest BCUT2D eigenvalue weighted by molar-refractivity contribution is 0.165. The molecule has 2 fully saturated rings. The molecule has 0 bridgehead atoms. The van der Waals surface area contributed by atoms with Crippen molar-refractivity contribution >= 4 is 17.3 Å². The average molecular weight is 327 g/mol. The number of hydrogen-bond donors (Lipinski definition) is 1. The van der Waals surface area contributed by atoms with Crippen molar-refractivity contribution in [3.05, 3.63) is 23.0 Å². The van der Waals surface area contributed by atoms with E-state index in [4.69, 9.17) is 11.6 Å². The van der Waals surface area contributed by atoms with Crippen LogP contribution in [0.5, 0.6) is 0 Å². The highest BCUT2D eigenvalue weighted by molar-refractivity contribution is 6.32. The zero-order chi connectivity index (χ0) is 15.5. The molecule has 0 amide bonds. The zero-order valence-corrected chi connectivity index (χ0v) is 13.8. The number of alkyl halides is 1. The summed E-state index contributed by atoms with van der Waals surface area (Å²) in [6, 6.07) is 2.65. The minimum absolute atomic E-state index is 0.523. The SMILES string of the molecule is CC1CNCCN1Cc1cnc(Cl)c(N2CCC(F)CC2)c1. The van der Waals surface area contributed by atoms with Crippen LogP contribution >= 0.6 is 11.6 Å². The van der Waals surface area contributed by atoms with E-state index in [1.165, 1.54) is 5.56 Å². The van der Waals surface area contributed by atoms with Crippen LogP contribution in [0, 0.1) is 0 Å². The first-order valence-electron chi connectivity index (χ1n) is 8.11. The summed E-state index contributed by atoms with van der Waals surface area (Å²) < 4.78 is 13.3. The number of aromatic nitrogens is 1. The minimum atomic E-state index is -0.673. The molecular weight excluding hydrogens is 303 g/mol. The van der Waals surface area contributed by atoms with Crippen LogP contribution in [0.2, 0.25) is 5.15 Å². The number of piperidine rings is 1. The van der Waals surface area contributed by atoms with E-state index in [-0.39, 0.29) is 0 Å². The Hall–Kier alpha value is -0.910. The molecular formula is C16H24ClFN4. The van der Waals surface area contributed by atoms with Gasteiger partial charge in [-0.1, -0.05) is 11.6 Å². The quantitative estimate of drug-likeness (QED) is 0.865. The molecule has 0 spiro atoms. The molecule has 22 heavy (non-hydrogen) atoms. The molecule has 6 heteroatoms. The highest BCUT2D eigenvalue weighted by atomic mass is 35.5. The second-order valence-electron chi connectivity index (χ2n) is 6.34. The summed E-state index contributed by atoms with van der Waals surface area (Å²) >= 11 is 6.27. The number of piperazine rings is 1. The fraction of sp³-hybridized carbons (Fsp3) is 0.688. The van der Waals surface area contributed by atoms with Gasteiger partial charge in [0, 0.05) is 51.5 Å². The standard InChI is InChI=1S/C16H24ClFN4/c1-12-9-19-4-7-22(12)11-13-8-15(16(17)20-10-13)21-5-2-14(18)3-6-21/h8,10,12,14,19H,2-7,9,11H2,1H3. The van der Waals surface area contributed by atoms with Gasteiger partial charge in [0.15, 0.2) is 5.15 Å². The van der Waals surface area contributed by atoms with Gasteiger partial charge in [0.05, 0.1) is 5.69 Å². The van der Waals surface area contributed by atoms with Crippen molar-refractivity contribution in [3.8, 4) is 0 Å². The molecule has 1 aromatic heterocycles. The topological polar surface area (TPSA) is 31.4 Å². The number of halogens is 2. The van der Waals surface area contributed by atoms with Crippen molar-refractivity contribution in [2.45, 2.75) is 38.5 Å². The molecule has 122 valence electrons. The Kier molecular flexibility index (Phi) is 5.16. The van der Waals surface area contributed by atoms with Crippen LogP contribution in [0.4, 0.5) is 10.1 Å². The first-order valence-corrected chi connectivity index (χ1v) is 8.49. The van der Waals surface area contributed by atoms with Crippen LogP contribution in [0.3, 0.4) is 0 Å². The molecule has 3 rings (SSSR count). The molecule has 2 saturated heterocycles. The predicted octanol–water partition coefficient (Wildman–Crippen LogP) is 2.47. The number of rotatable bonds is 3. The highest BCUT2D eigenvalue weighted by Crippen LogP contribution is 2.28. The number of nitrogens with zero attached hydrogens (tertiary/aromatic N) is 3. The van der Waals surface area contributed by atoms with E-state index >= 15 is 0 Å². The third-order valence-corrected chi connectivity index (χ3v) is 4.96. The predicted molar refractivity (Wildman–Crippen MR) is 88.3 cm³/mol. The first kappa shape index (κ1) is 16.0. The third-order valence-electron chi connectivity index (χ3n) is 4.67. The van der Waals surface area contributed by atoms with Crippen LogP contribution in [-0.4, -0.2) is 54.8 Å². The Balaban J connectivity index is 1.72. The lowest BCUT2D eigenvalue weighted by Crippen LogP contribution is -2.49. The van der Waals surface area contributed by atoms with Gasteiger partial charge in [-0.15, -0.1) is 0 Å². The van der Waals surface area contributed by atoms with E-state index in [2.05, 4.69) is 33.1 Å². The minimum Gasteiger partial charge on any atom is -0.369 e. The molecule has 3 heterocycles. The summed E-state index contributed by atoms with van der Waals surface area (Å²) in [5, 5.41) is 3.93. The average Bonchev–Trinajstić information content (AvgIpc) is 2.52. The molecule has 2 aliphatic heterocycles. The van der Waals surface area contributed by atoms with Gasteiger partial charge in [0.1, 0.15) is 6.17 Å². The molecule has 0 aromatic carbocycles. The Bertz CT molecular complexity index is 505. The zero-order valence-electron chi connectivity index (χ0n) is 13.1. The Labute approximate surface area is 136 Å². The summed E-state index contributed by atoms with van der Waals surface area (Å²) in [5.41, 5.74) is 2.13. The highest BCUT2D eigenvalue weighted by Gasteiger charge is 2.22. The van der Waals surface area contributed by atoms with Crippen LogP contribution < -0.4 is 10.2 Å². The second-order valence-corrected chi connectivity index (χ2v) is 6.70. The van der Waals surface area contributed by atoms with E-state index < -0.39 is 6.17 Å². The van der Waals surface area contributed by atoms with Gasteiger partial charge in [-0.05, 0) is 31.4 Å². The number of hydrogen-bond acceptors (Lipinski definition) is 4. The van der Waals surface area contributed by atoms with E-state index in [9.17, 15) is 4.39 Å². The molecule has 4 nitrogen and oxygen atoms in total. The molecule has 1 N–H and O–H groups in total. The van der Waals surface area contributed by atoms with E-state index in [0.717, 1.165) is 45.0 Å². The lowest BCUT2D eigenvalue weighted by Gasteiger charge is -2.34. The molecule has 1 unspecified atom stereocenters. The largest absolute Gasteiger partial charge is 0.369 e. The molecule has 0 aliphatic carbocycles. The van der Waals surface area contributed by atoms with Gasteiger partial charge in [-0.25, -0.2) is 9.37 Å². The molecule has 0 saturated carbocycles. The van der Waals surface area contributed by atoms with Gasteiger partial charge < -0.3 is 10.2 Å². The van der Waals surface area contributed by atoms with Crippen LogP contribution in [0.1, 0.15) is 25.3 Å². The van der Waals surface area contributed by atoms with Crippen molar-refractivity contribution in [2.75, 3.05) is 37.6 Å². The maximum absolute atomic E-state index is 13.3. The molecule has 1 atom stereocenters. The van der Waals surface area contributed by atoms with Gasteiger partial charge in [0.2, 0.25) is 0 Å².